The third kappa shape index (κ3) is 5.95. The molecule has 1 heterocycles. The van der Waals surface area contributed by atoms with E-state index in [1.54, 1.807) is 36.4 Å². The Hall–Kier alpha value is -3.63. The van der Waals surface area contributed by atoms with Crippen molar-refractivity contribution in [3.8, 4) is 17.2 Å². The molecule has 1 amide bonds. The highest BCUT2D eigenvalue weighted by Crippen LogP contribution is 2.35. The summed E-state index contributed by atoms with van der Waals surface area (Å²) >= 11 is 0.910. The molecule has 3 aromatic carbocycles. The third-order valence-electron chi connectivity index (χ3n) is 5.03. The van der Waals surface area contributed by atoms with E-state index in [0.29, 0.717) is 23.6 Å². The lowest BCUT2D eigenvalue weighted by atomic mass is 10.1. The molecule has 7 nitrogen and oxygen atoms in total. The van der Waals surface area contributed by atoms with Crippen LogP contribution in [0, 0.1) is 12.7 Å². The number of thioether (sulfide) groups is 1. The monoisotopic (exact) mass is 526 g/mol. The smallest absolute Gasteiger partial charge is 0.234 e. The Kier molecular flexibility index (Phi) is 7.76. The molecule has 0 saturated heterocycles. The van der Waals surface area contributed by atoms with Crippen molar-refractivity contribution in [2.45, 2.75) is 28.9 Å². The molecule has 0 aliphatic rings. The maximum atomic E-state index is 13.4. The van der Waals surface area contributed by atoms with Crippen molar-refractivity contribution in [3.05, 3.63) is 84.2 Å². The first-order valence-corrected chi connectivity index (χ1v) is 13.5. The van der Waals surface area contributed by atoms with Crippen molar-refractivity contribution in [2.75, 3.05) is 17.7 Å². The van der Waals surface area contributed by atoms with E-state index in [9.17, 15) is 17.6 Å². The fourth-order valence-electron chi connectivity index (χ4n) is 3.23. The van der Waals surface area contributed by atoms with E-state index in [1.165, 1.54) is 0 Å². The zero-order chi connectivity index (χ0) is 25.7. The Morgan fingerprint density at radius 1 is 1.03 bits per heavy atom. The number of amides is 1. The number of rotatable bonds is 9. The number of aromatic nitrogens is 1. The predicted octanol–water partition coefficient (Wildman–Crippen LogP) is 5.75. The van der Waals surface area contributed by atoms with Crippen LogP contribution in [0.15, 0.2) is 92.2 Å². The number of ether oxygens (including phenoxy) is 1. The zero-order valence-electron chi connectivity index (χ0n) is 19.5. The van der Waals surface area contributed by atoms with Gasteiger partial charge in [0.1, 0.15) is 11.6 Å². The van der Waals surface area contributed by atoms with E-state index in [4.69, 9.17) is 9.15 Å². The van der Waals surface area contributed by atoms with Crippen LogP contribution in [0.2, 0.25) is 0 Å². The Morgan fingerprint density at radius 2 is 1.69 bits per heavy atom. The fraction of sp³-hybridized carbons (Fsp3) is 0.154. The molecular weight excluding hydrogens is 503 g/mol. The number of hydrogen-bond acceptors (Lipinski definition) is 7. The third-order valence-corrected chi connectivity index (χ3v) is 7.78. The maximum Gasteiger partial charge on any atom is 0.234 e. The number of oxazole rings is 1. The fourth-order valence-corrected chi connectivity index (χ4v) is 5.56. The standard InChI is InChI=1S/C26H23FN2O5S2/c1-3-33-21-12-10-20(11-13-21)28-23(30)16-35-26-25(36(31,32)22-14-8-19(27)9-15-22)29-24(34-26)18-6-4-17(2)5-7-18/h4-15H,3,16H2,1-2H3,(H,28,30). The number of anilines is 1. The van der Waals surface area contributed by atoms with Gasteiger partial charge in [0.05, 0.1) is 17.3 Å². The highest BCUT2D eigenvalue weighted by Gasteiger charge is 2.29. The van der Waals surface area contributed by atoms with Crippen molar-refractivity contribution < 1.29 is 26.8 Å². The highest BCUT2D eigenvalue weighted by molar-refractivity contribution is 8.00. The quantitative estimate of drug-likeness (QED) is 0.219. The average molecular weight is 527 g/mol. The van der Waals surface area contributed by atoms with Gasteiger partial charge in [-0.3, -0.25) is 4.79 Å². The van der Waals surface area contributed by atoms with E-state index in [-0.39, 0.29) is 32.6 Å². The van der Waals surface area contributed by atoms with Gasteiger partial charge in [0.25, 0.3) is 0 Å². The Bertz CT molecular complexity index is 1450. The highest BCUT2D eigenvalue weighted by atomic mass is 32.2. The van der Waals surface area contributed by atoms with Gasteiger partial charge >= 0.3 is 0 Å². The van der Waals surface area contributed by atoms with Gasteiger partial charge in [-0.15, -0.1) is 0 Å². The summed E-state index contributed by atoms with van der Waals surface area (Å²) in [5.41, 5.74) is 2.17. The number of nitrogens with one attached hydrogen (secondary N) is 1. The minimum atomic E-state index is -4.14. The summed E-state index contributed by atoms with van der Waals surface area (Å²) in [4.78, 5) is 16.7. The molecule has 1 N–H and O–H groups in total. The van der Waals surface area contributed by atoms with Crippen LogP contribution in [-0.4, -0.2) is 31.7 Å². The van der Waals surface area contributed by atoms with Gasteiger partial charge in [-0.2, -0.15) is 4.98 Å². The Balaban J connectivity index is 1.59. The molecule has 0 aliphatic carbocycles. The molecule has 186 valence electrons. The molecule has 1 aromatic heterocycles. The van der Waals surface area contributed by atoms with E-state index >= 15 is 0 Å². The molecule has 0 atom stereocenters. The Labute approximate surface area is 212 Å². The summed E-state index contributed by atoms with van der Waals surface area (Å²) in [6.07, 6.45) is 0. The Morgan fingerprint density at radius 3 is 2.33 bits per heavy atom. The number of nitrogens with zero attached hydrogens (tertiary/aromatic N) is 1. The van der Waals surface area contributed by atoms with Crippen molar-refractivity contribution >= 4 is 33.2 Å². The minimum Gasteiger partial charge on any atom is -0.494 e. The van der Waals surface area contributed by atoms with Gasteiger partial charge in [-0.05, 0) is 74.5 Å². The number of benzene rings is 3. The maximum absolute atomic E-state index is 13.4. The van der Waals surface area contributed by atoms with Gasteiger partial charge in [0.15, 0.2) is 0 Å². The molecule has 0 bridgehead atoms. The molecule has 0 unspecified atom stereocenters. The summed E-state index contributed by atoms with van der Waals surface area (Å²) in [5.74, 6) is -0.254. The molecule has 10 heteroatoms. The number of aryl methyl sites for hydroxylation is 1. The van der Waals surface area contributed by atoms with Gasteiger partial charge in [-0.1, -0.05) is 29.5 Å². The van der Waals surface area contributed by atoms with Crippen LogP contribution in [0.5, 0.6) is 5.75 Å². The van der Waals surface area contributed by atoms with Crippen molar-refractivity contribution in [1.29, 1.82) is 0 Å². The summed E-state index contributed by atoms with van der Waals surface area (Å²) < 4.78 is 51.2. The summed E-state index contributed by atoms with van der Waals surface area (Å²) in [6, 6.07) is 18.6. The largest absolute Gasteiger partial charge is 0.494 e. The van der Waals surface area contributed by atoms with Crippen molar-refractivity contribution in [3.63, 3.8) is 0 Å². The van der Waals surface area contributed by atoms with Crippen LogP contribution in [0.25, 0.3) is 11.5 Å². The molecule has 0 aliphatic heterocycles. The molecule has 0 saturated carbocycles. The first-order chi connectivity index (χ1) is 17.3. The normalized spacial score (nSPS) is 11.3. The second kappa shape index (κ2) is 11.0. The van der Waals surface area contributed by atoms with E-state index in [1.807, 2.05) is 26.0 Å². The molecule has 4 aromatic rings. The van der Waals surface area contributed by atoms with E-state index in [0.717, 1.165) is 41.6 Å². The minimum absolute atomic E-state index is 0.0308. The van der Waals surface area contributed by atoms with Crippen LogP contribution in [0.3, 0.4) is 0 Å². The first-order valence-electron chi connectivity index (χ1n) is 11.0. The molecule has 36 heavy (non-hydrogen) atoms. The number of carbonyl (C=O) groups excluding carboxylic acids is 1. The molecule has 4 rings (SSSR count). The number of sulfone groups is 1. The summed E-state index contributed by atoms with van der Waals surface area (Å²) in [6.45, 7) is 4.34. The average Bonchev–Trinajstić information content (AvgIpc) is 3.30. The number of hydrogen-bond donors (Lipinski definition) is 1. The van der Waals surface area contributed by atoms with E-state index < -0.39 is 15.7 Å². The van der Waals surface area contributed by atoms with Gasteiger partial charge < -0.3 is 14.5 Å². The lowest BCUT2D eigenvalue weighted by molar-refractivity contribution is -0.113. The zero-order valence-corrected chi connectivity index (χ0v) is 21.2. The SMILES string of the molecule is CCOc1ccc(NC(=O)CSc2oc(-c3ccc(C)cc3)nc2S(=O)(=O)c2ccc(F)cc2)cc1. The van der Waals surface area contributed by atoms with Crippen LogP contribution in [-0.2, 0) is 14.6 Å². The predicted molar refractivity (Wildman–Crippen MR) is 135 cm³/mol. The first kappa shape index (κ1) is 25.5. The van der Waals surface area contributed by atoms with Gasteiger partial charge in [0.2, 0.25) is 31.8 Å². The van der Waals surface area contributed by atoms with Crippen LogP contribution < -0.4 is 10.1 Å². The van der Waals surface area contributed by atoms with E-state index in [2.05, 4.69) is 10.3 Å². The van der Waals surface area contributed by atoms with Gasteiger partial charge in [-0.25, -0.2) is 12.8 Å². The van der Waals surface area contributed by atoms with Gasteiger partial charge in [0, 0.05) is 11.3 Å². The van der Waals surface area contributed by atoms with Crippen LogP contribution in [0.1, 0.15) is 12.5 Å². The lowest BCUT2D eigenvalue weighted by Gasteiger charge is -2.07. The molecule has 0 fully saturated rings. The van der Waals surface area contributed by atoms with Crippen molar-refractivity contribution in [1.82, 2.24) is 4.98 Å². The van der Waals surface area contributed by atoms with Crippen molar-refractivity contribution in [2.24, 2.45) is 0 Å². The lowest BCUT2D eigenvalue weighted by Crippen LogP contribution is -2.14. The summed E-state index contributed by atoms with van der Waals surface area (Å²) in [7, 11) is -4.14. The summed E-state index contributed by atoms with van der Waals surface area (Å²) in [5, 5.41) is 2.39. The molecule has 0 radical (unpaired) electrons. The van der Waals surface area contributed by atoms with Crippen LogP contribution >= 0.6 is 11.8 Å². The number of halogens is 1. The number of carbonyl (C=O) groups is 1. The molecular formula is C26H23FN2O5S2. The second-order valence-electron chi connectivity index (χ2n) is 7.73. The second-order valence-corrected chi connectivity index (χ2v) is 10.5. The molecule has 0 spiro atoms. The topological polar surface area (TPSA) is 98.5 Å². The van der Waals surface area contributed by atoms with Crippen LogP contribution in [0.4, 0.5) is 10.1 Å².